The maximum atomic E-state index is 13.8. The number of hydrogen-bond acceptors (Lipinski definition) is 3. The van der Waals surface area contributed by atoms with Gasteiger partial charge in [-0.15, -0.1) is 0 Å². The number of imidazole rings is 1. The molecule has 0 radical (unpaired) electrons. The Bertz CT molecular complexity index is 559. The van der Waals surface area contributed by atoms with E-state index in [0.717, 1.165) is 0 Å². The first kappa shape index (κ1) is 13.8. The Morgan fingerprint density at radius 2 is 2.32 bits per heavy atom. The van der Waals surface area contributed by atoms with Gasteiger partial charge in [0.2, 0.25) is 5.95 Å². The molecule has 19 heavy (non-hydrogen) atoms. The first-order valence-electron chi connectivity index (χ1n) is 5.86. The van der Waals surface area contributed by atoms with Crippen molar-refractivity contribution in [2.24, 2.45) is 0 Å². The van der Waals surface area contributed by atoms with Crippen LogP contribution in [0.4, 0.5) is 10.3 Å². The van der Waals surface area contributed by atoms with Gasteiger partial charge >= 0.3 is 0 Å². The number of rotatable bonds is 5. The van der Waals surface area contributed by atoms with Crippen LogP contribution in [-0.4, -0.2) is 29.3 Å². The third-order valence-electron chi connectivity index (χ3n) is 2.60. The van der Waals surface area contributed by atoms with E-state index in [9.17, 15) is 4.39 Å². The lowest BCUT2D eigenvalue weighted by molar-refractivity contribution is 0.190. The highest BCUT2D eigenvalue weighted by molar-refractivity contribution is 6.30. The molecule has 0 bridgehead atoms. The van der Waals surface area contributed by atoms with Gasteiger partial charge in [-0.2, -0.15) is 0 Å². The monoisotopic (exact) mass is 283 g/mol. The molecule has 2 rings (SSSR count). The van der Waals surface area contributed by atoms with Crippen LogP contribution in [0.2, 0.25) is 5.02 Å². The lowest BCUT2D eigenvalue weighted by atomic mass is 10.3. The molecule has 6 heteroatoms. The summed E-state index contributed by atoms with van der Waals surface area (Å²) in [6.45, 7) is 2.49. The number of nitrogens with one attached hydrogen (secondary N) is 1. The number of benzene rings is 1. The second-order valence-electron chi connectivity index (χ2n) is 4.22. The number of aromatic nitrogens is 2. The zero-order valence-corrected chi connectivity index (χ0v) is 11.5. The number of nitrogens with zero attached hydrogens (tertiary/aromatic N) is 2. The molecule has 1 aromatic carbocycles. The summed E-state index contributed by atoms with van der Waals surface area (Å²) in [5, 5.41) is 3.63. The van der Waals surface area contributed by atoms with Gasteiger partial charge in [-0.05, 0) is 25.1 Å². The molecule has 1 atom stereocenters. The highest BCUT2D eigenvalue weighted by atomic mass is 35.5. The van der Waals surface area contributed by atoms with Crippen LogP contribution in [0.15, 0.2) is 30.6 Å². The van der Waals surface area contributed by atoms with Crippen LogP contribution >= 0.6 is 11.6 Å². The zero-order chi connectivity index (χ0) is 13.8. The van der Waals surface area contributed by atoms with Gasteiger partial charge in [0.15, 0.2) is 0 Å². The van der Waals surface area contributed by atoms with Crippen molar-refractivity contribution in [2.75, 3.05) is 19.0 Å². The second-order valence-corrected chi connectivity index (χ2v) is 4.65. The second kappa shape index (κ2) is 6.04. The molecule has 0 aliphatic heterocycles. The molecule has 0 aliphatic carbocycles. The van der Waals surface area contributed by atoms with Gasteiger partial charge in [0.1, 0.15) is 5.82 Å². The van der Waals surface area contributed by atoms with E-state index >= 15 is 0 Å². The van der Waals surface area contributed by atoms with E-state index in [1.165, 1.54) is 12.1 Å². The quantitative estimate of drug-likeness (QED) is 0.916. The van der Waals surface area contributed by atoms with Crippen LogP contribution in [-0.2, 0) is 4.74 Å². The summed E-state index contributed by atoms with van der Waals surface area (Å²) in [4.78, 5) is 4.17. The summed E-state index contributed by atoms with van der Waals surface area (Å²) in [7, 11) is 1.63. The van der Waals surface area contributed by atoms with Crippen molar-refractivity contribution in [3.63, 3.8) is 0 Å². The number of halogens is 2. The van der Waals surface area contributed by atoms with E-state index in [0.29, 0.717) is 23.3 Å². The fourth-order valence-corrected chi connectivity index (χ4v) is 1.95. The third-order valence-corrected chi connectivity index (χ3v) is 2.84. The predicted octanol–water partition coefficient (Wildman–Crippen LogP) is 3.11. The zero-order valence-electron chi connectivity index (χ0n) is 10.7. The molecular weight excluding hydrogens is 269 g/mol. The smallest absolute Gasteiger partial charge is 0.207 e. The highest BCUT2D eigenvalue weighted by Gasteiger charge is 2.12. The molecule has 0 aliphatic rings. The summed E-state index contributed by atoms with van der Waals surface area (Å²) in [5.74, 6) is 0.190. The normalized spacial score (nSPS) is 12.4. The van der Waals surface area contributed by atoms with Crippen molar-refractivity contribution in [1.82, 2.24) is 9.55 Å². The first-order valence-corrected chi connectivity index (χ1v) is 6.24. The number of hydrogen-bond donors (Lipinski definition) is 1. The van der Waals surface area contributed by atoms with Crippen molar-refractivity contribution in [3.05, 3.63) is 41.4 Å². The molecule has 102 valence electrons. The molecule has 1 aromatic heterocycles. The third kappa shape index (κ3) is 3.24. The summed E-state index contributed by atoms with van der Waals surface area (Å²) in [6, 6.07) is 4.47. The van der Waals surface area contributed by atoms with Crippen molar-refractivity contribution in [2.45, 2.75) is 13.0 Å². The molecule has 0 amide bonds. The molecule has 1 heterocycles. The summed E-state index contributed by atoms with van der Waals surface area (Å²) < 4.78 is 20.5. The first-order chi connectivity index (χ1) is 9.11. The summed E-state index contributed by atoms with van der Waals surface area (Å²) in [5.41, 5.74) is 0.358. The Morgan fingerprint density at radius 3 is 3.05 bits per heavy atom. The van der Waals surface area contributed by atoms with Gasteiger partial charge in [0.05, 0.1) is 12.3 Å². The molecule has 4 nitrogen and oxygen atoms in total. The molecule has 0 saturated heterocycles. The van der Waals surface area contributed by atoms with Crippen molar-refractivity contribution >= 4 is 17.5 Å². The maximum absolute atomic E-state index is 13.8. The number of anilines is 1. The fraction of sp³-hybridized carbons (Fsp3) is 0.308. The molecule has 2 aromatic rings. The molecule has 0 saturated carbocycles. The van der Waals surface area contributed by atoms with E-state index in [-0.39, 0.29) is 11.9 Å². The van der Waals surface area contributed by atoms with Crippen molar-refractivity contribution in [1.29, 1.82) is 0 Å². The van der Waals surface area contributed by atoms with Gasteiger partial charge in [0.25, 0.3) is 0 Å². The van der Waals surface area contributed by atoms with Gasteiger partial charge in [-0.25, -0.2) is 9.37 Å². The molecule has 0 spiro atoms. The van der Waals surface area contributed by atoms with Crippen LogP contribution < -0.4 is 5.32 Å². The van der Waals surface area contributed by atoms with Crippen molar-refractivity contribution < 1.29 is 9.13 Å². The average molecular weight is 284 g/mol. The standard InChI is InChI=1S/C13H15ClFN3O/c1-9(8-19-2)17-13-16-5-6-18(13)12-7-10(14)3-4-11(12)15/h3-7,9H,8H2,1-2H3,(H,16,17). The van der Waals surface area contributed by atoms with Gasteiger partial charge in [-0.1, -0.05) is 11.6 Å². The molecule has 0 fully saturated rings. The molecule has 1 unspecified atom stereocenters. The predicted molar refractivity (Wildman–Crippen MR) is 73.5 cm³/mol. The number of methoxy groups -OCH3 is 1. The Morgan fingerprint density at radius 1 is 1.53 bits per heavy atom. The Balaban J connectivity index is 2.31. The van der Waals surface area contributed by atoms with Crippen LogP contribution in [0.1, 0.15) is 6.92 Å². The van der Waals surface area contributed by atoms with Crippen LogP contribution in [0.25, 0.3) is 5.69 Å². The van der Waals surface area contributed by atoms with Crippen LogP contribution in [0.3, 0.4) is 0 Å². The minimum atomic E-state index is -0.357. The van der Waals surface area contributed by atoms with E-state index < -0.39 is 0 Å². The van der Waals surface area contributed by atoms with E-state index in [1.807, 2.05) is 6.92 Å². The molecule has 1 N–H and O–H groups in total. The fourth-order valence-electron chi connectivity index (χ4n) is 1.79. The van der Waals surface area contributed by atoms with Crippen LogP contribution in [0.5, 0.6) is 0 Å². The van der Waals surface area contributed by atoms with E-state index in [2.05, 4.69) is 10.3 Å². The lowest BCUT2D eigenvalue weighted by Crippen LogP contribution is -2.23. The summed E-state index contributed by atoms with van der Waals surface area (Å²) >= 11 is 5.90. The Kier molecular flexibility index (Phi) is 4.39. The SMILES string of the molecule is COCC(C)Nc1nccn1-c1cc(Cl)ccc1F. The Hall–Kier alpha value is -1.59. The lowest BCUT2D eigenvalue weighted by Gasteiger charge is -2.15. The molecular formula is C13H15ClFN3O. The minimum absolute atomic E-state index is 0.0633. The van der Waals surface area contributed by atoms with E-state index in [4.69, 9.17) is 16.3 Å². The largest absolute Gasteiger partial charge is 0.383 e. The van der Waals surface area contributed by atoms with Crippen molar-refractivity contribution in [3.8, 4) is 5.69 Å². The number of ether oxygens (including phenoxy) is 1. The van der Waals surface area contributed by atoms with Crippen LogP contribution in [0, 0.1) is 5.82 Å². The van der Waals surface area contributed by atoms with E-state index in [1.54, 1.807) is 30.1 Å². The van der Waals surface area contributed by atoms with Gasteiger partial charge in [0, 0.05) is 30.6 Å². The minimum Gasteiger partial charge on any atom is -0.383 e. The summed E-state index contributed by atoms with van der Waals surface area (Å²) in [6.07, 6.45) is 3.28. The Labute approximate surface area is 116 Å². The highest BCUT2D eigenvalue weighted by Crippen LogP contribution is 2.22. The average Bonchev–Trinajstić information content (AvgIpc) is 2.80. The maximum Gasteiger partial charge on any atom is 0.207 e. The van der Waals surface area contributed by atoms with Gasteiger partial charge in [-0.3, -0.25) is 4.57 Å². The topological polar surface area (TPSA) is 39.1 Å². The van der Waals surface area contributed by atoms with Gasteiger partial charge < -0.3 is 10.1 Å².